The molecule has 0 aliphatic heterocycles. The van der Waals surface area contributed by atoms with E-state index < -0.39 is 0 Å². The molecule has 2 rings (SSSR count). The van der Waals surface area contributed by atoms with Gasteiger partial charge < -0.3 is 9.84 Å². The molecule has 2 amide bonds. The molecule has 0 bridgehead atoms. The fourth-order valence-corrected chi connectivity index (χ4v) is 2.53. The van der Waals surface area contributed by atoms with Gasteiger partial charge in [-0.05, 0) is 38.8 Å². The molecule has 0 saturated carbocycles. The number of carbonyl (C=O) groups is 2. The number of anilines is 2. The van der Waals surface area contributed by atoms with Crippen molar-refractivity contribution in [3.63, 3.8) is 0 Å². The van der Waals surface area contributed by atoms with E-state index in [-0.39, 0.29) is 18.4 Å². The standard InChI is InChI=1S/C17H21N3O3/c1-10-6-11(2)17(12(3)7-10)18-16(22)9-20(14(5)21)15-8-13(4)23-19-15/h6-8H,9H2,1-5H3,(H,18,22). The van der Waals surface area contributed by atoms with Crippen molar-refractivity contribution in [2.45, 2.75) is 34.6 Å². The van der Waals surface area contributed by atoms with Gasteiger partial charge in [-0.3, -0.25) is 14.5 Å². The Morgan fingerprint density at radius 1 is 1.13 bits per heavy atom. The van der Waals surface area contributed by atoms with Crippen molar-refractivity contribution in [2.24, 2.45) is 0 Å². The van der Waals surface area contributed by atoms with E-state index in [4.69, 9.17) is 4.52 Å². The van der Waals surface area contributed by atoms with Crippen LogP contribution in [0.5, 0.6) is 0 Å². The number of aromatic nitrogens is 1. The summed E-state index contributed by atoms with van der Waals surface area (Å²) in [6, 6.07) is 5.63. The molecule has 1 N–H and O–H groups in total. The van der Waals surface area contributed by atoms with Gasteiger partial charge in [-0.2, -0.15) is 0 Å². The first-order chi connectivity index (χ1) is 10.8. The first-order valence-corrected chi connectivity index (χ1v) is 7.37. The van der Waals surface area contributed by atoms with E-state index in [1.54, 1.807) is 13.0 Å². The number of rotatable bonds is 4. The van der Waals surface area contributed by atoms with Crippen molar-refractivity contribution < 1.29 is 14.1 Å². The van der Waals surface area contributed by atoms with Crippen LogP contribution in [-0.4, -0.2) is 23.5 Å². The van der Waals surface area contributed by atoms with Crippen LogP contribution in [0.15, 0.2) is 22.7 Å². The van der Waals surface area contributed by atoms with Gasteiger partial charge in [0.25, 0.3) is 0 Å². The summed E-state index contributed by atoms with van der Waals surface area (Å²) in [5.41, 5.74) is 3.90. The number of hydrogen-bond acceptors (Lipinski definition) is 4. The van der Waals surface area contributed by atoms with E-state index in [1.807, 2.05) is 32.9 Å². The van der Waals surface area contributed by atoms with E-state index in [0.717, 1.165) is 22.4 Å². The summed E-state index contributed by atoms with van der Waals surface area (Å²) in [5.74, 6) is 0.362. The fourth-order valence-electron chi connectivity index (χ4n) is 2.53. The topological polar surface area (TPSA) is 75.4 Å². The molecule has 0 radical (unpaired) electrons. The molecule has 6 nitrogen and oxygen atoms in total. The van der Waals surface area contributed by atoms with E-state index in [2.05, 4.69) is 10.5 Å². The van der Waals surface area contributed by atoms with E-state index in [0.29, 0.717) is 11.6 Å². The number of carbonyl (C=O) groups excluding carboxylic acids is 2. The van der Waals surface area contributed by atoms with Crippen LogP contribution in [0.25, 0.3) is 0 Å². The third-order valence-corrected chi connectivity index (χ3v) is 3.52. The van der Waals surface area contributed by atoms with Crippen LogP contribution in [-0.2, 0) is 9.59 Å². The Morgan fingerprint density at radius 2 is 1.74 bits per heavy atom. The molecule has 122 valence electrons. The molecule has 0 atom stereocenters. The Bertz CT molecular complexity index is 726. The normalized spacial score (nSPS) is 10.5. The zero-order chi connectivity index (χ0) is 17.1. The zero-order valence-corrected chi connectivity index (χ0v) is 14.1. The van der Waals surface area contributed by atoms with Crippen molar-refractivity contribution in [1.29, 1.82) is 0 Å². The average Bonchev–Trinajstić information content (AvgIpc) is 2.86. The second kappa shape index (κ2) is 6.64. The number of nitrogens with one attached hydrogen (secondary N) is 1. The maximum atomic E-state index is 12.3. The molecule has 0 aliphatic rings. The summed E-state index contributed by atoms with van der Waals surface area (Å²) in [4.78, 5) is 25.4. The van der Waals surface area contributed by atoms with Crippen molar-refractivity contribution in [3.05, 3.63) is 40.6 Å². The van der Waals surface area contributed by atoms with Gasteiger partial charge in [0, 0.05) is 18.7 Å². The van der Waals surface area contributed by atoms with Crippen LogP contribution in [0.2, 0.25) is 0 Å². The summed E-state index contributed by atoms with van der Waals surface area (Å²) in [7, 11) is 0. The quantitative estimate of drug-likeness (QED) is 0.941. The Kier molecular flexibility index (Phi) is 4.83. The molecule has 23 heavy (non-hydrogen) atoms. The van der Waals surface area contributed by atoms with Crippen LogP contribution < -0.4 is 10.2 Å². The lowest BCUT2D eigenvalue weighted by molar-refractivity contribution is -0.120. The predicted octanol–water partition coefficient (Wildman–Crippen LogP) is 2.90. The Labute approximate surface area is 135 Å². The van der Waals surface area contributed by atoms with Crippen molar-refractivity contribution in [3.8, 4) is 0 Å². The maximum Gasteiger partial charge on any atom is 0.244 e. The van der Waals surface area contributed by atoms with Gasteiger partial charge in [-0.25, -0.2) is 0 Å². The molecule has 0 saturated heterocycles. The molecule has 0 unspecified atom stereocenters. The molecule has 2 aromatic rings. The summed E-state index contributed by atoms with van der Waals surface area (Å²) in [6.07, 6.45) is 0. The van der Waals surface area contributed by atoms with E-state index in [9.17, 15) is 9.59 Å². The predicted molar refractivity (Wildman–Crippen MR) is 88.5 cm³/mol. The first kappa shape index (κ1) is 16.7. The molecule has 1 aromatic heterocycles. The zero-order valence-electron chi connectivity index (χ0n) is 14.1. The summed E-state index contributed by atoms with van der Waals surface area (Å²) in [6.45, 7) is 8.90. The first-order valence-electron chi connectivity index (χ1n) is 7.37. The van der Waals surface area contributed by atoms with Crippen LogP contribution in [0.3, 0.4) is 0 Å². The fraction of sp³-hybridized carbons (Fsp3) is 0.353. The number of nitrogens with zero attached hydrogens (tertiary/aromatic N) is 2. The van der Waals surface area contributed by atoms with Gasteiger partial charge in [0.1, 0.15) is 12.3 Å². The van der Waals surface area contributed by atoms with Crippen LogP contribution in [0.1, 0.15) is 29.4 Å². The summed E-state index contributed by atoms with van der Waals surface area (Å²) in [5, 5.41) is 6.67. The lowest BCUT2D eigenvalue weighted by atomic mass is 10.1. The Morgan fingerprint density at radius 3 is 2.22 bits per heavy atom. The van der Waals surface area contributed by atoms with Gasteiger partial charge in [-0.1, -0.05) is 22.9 Å². The minimum absolute atomic E-state index is 0.117. The molecular formula is C17H21N3O3. The Balaban J connectivity index is 2.16. The second-order valence-electron chi connectivity index (χ2n) is 5.72. The average molecular weight is 315 g/mol. The van der Waals surface area contributed by atoms with Crippen molar-refractivity contribution in [2.75, 3.05) is 16.8 Å². The van der Waals surface area contributed by atoms with Crippen LogP contribution in [0, 0.1) is 27.7 Å². The molecule has 0 spiro atoms. The SMILES string of the molecule is CC(=O)N(CC(=O)Nc1c(C)cc(C)cc1C)c1cc(C)on1. The Hall–Kier alpha value is -2.63. The van der Waals surface area contributed by atoms with Gasteiger partial charge in [-0.15, -0.1) is 0 Å². The van der Waals surface area contributed by atoms with Gasteiger partial charge in [0.05, 0.1) is 0 Å². The lowest BCUT2D eigenvalue weighted by Gasteiger charge is -2.18. The van der Waals surface area contributed by atoms with Crippen LogP contribution in [0.4, 0.5) is 11.5 Å². The highest BCUT2D eigenvalue weighted by molar-refractivity contribution is 6.01. The van der Waals surface area contributed by atoms with Crippen molar-refractivity contribution >= 4 is 23.3 Å². The van der Waals surface area contributed by atoms with Crippen molar-refractivity contribution in [1.82, 2.24) is 5.16 Å². The number of hydrogen-bond donors (Lipinski definition) is 1. The molecule has 1 aromatic carbocycles. The number of aryl methyl sites for hydroxylation is 4. The molecule has 0 aliphatic carbocycles. The van der Waals surface area contributed by atoms with Gasteiger partial charge >= 0.3 is 0 Å². The van der Waals surface area contributed by atoms with E-state index in [1.165, 1.54) is 11.8 Å². The van der Waals surface area contributed by atoms with Gasteiger partial charge in [0.15, 0.2) is 5.82 Å². The summed E-state index contributed by atoms with van der Waals surface area (Å²) < 4.78 is 4.97. The summed E-state index contributed by atoms with van der Waals surface area (Å²) >= 11 is 0. The van der Waals surface area contributed by atoms with E-state index >= 15 is 0 Å². The smallest absolute Gasteiger partial charge is 0.244 e. The third kappa shape index (κ3) is 3.97. The molecular weight excluding hydrogens is 294 g/mol. The second-order valence-corrected chi connectivity index (χ2v) is 5.72. The third-order valence-electron chi connectivity index (χ3n) is 3.52. The highest BCUT2D eigenvalue weighted by atomic mass is 16.5. The largest absolute Gasteiger partial charge is 0.360 e. The minimum atomic E-state index is -0.282. The molecule has 1 heterocycles. The highest BCUT2D eigenvalue weighted by Gasteiger charge is 2.19. The lowest BCUT2D eigenvalue weighted by Crippen LogP contribution is -2.37. The maximum absolute atomic E-state index is 12.3. The molecule has 6 heteroatoms. The van der Waals surface area contributed by atoms with Crippen LogP contribution >= 0.6 is 0 Å². The number of benzene rings is 1. The molecule has 0 fully saturated rings. The number of amides is 2. The van der Waals surface area contributed by atoms with Gasteiger partial charge in [0.2, 0.25) is 11.8 Å². The minimum Gasteiger partial charge on any atom is -0.360 e. The highest BCUT2D eigenvalue weighted by Crippen LogP contribution is 2.22. The monoisotopic (exact) mass is 315 g/mol.